The van der Waals surface area contributed by atoms with E-state index in [1.165, 1.54) is 24.5 Å². The van der Waals surface area contributed by atoms with Crippen molar-refractivity contribution < 1.29 is 23.9 Å². The molecule has 0 aromatic heterocycles. The topological polar surface area (TPSA) is 81.7 Å². The lowest BCUT2D eigenvalue weighted by molar-refractivity contribution is -0.154. The van der Waals surface area contributed by atoms with Gasteiger partial charge in [-0.3, -0.25) is 14.4 Å². The zero-order chi connectivity index (χ0) is 22.2. The standard InChI is InChI=1S/C25H29NO5/c1-17(25(29)26-16-18-7-11-22(30-2)12-8-18)31-24(28)14-13-23(27)21-10-9-19-5-3-4-6-20(19)15-21/h7-12,15,17H,3-6,13-14,16H2,1-2H3,(H,26,29)/t17-/m1/s1. The van der Waals surface area contributed by atoms with Gasteiger partial charge in [0, 0.05) is 18.5 Å². The smallest absolute Gasteiger partial charge is 0.307 e. The van der Waals surface area contributed by atoms with Gasteiger partial charge in [-0.05, 0) is 67.5 Å². The first kappa shape index (κ1) is 22.5. The lowest BCUT2D eigenvalue weighted by Gasteiger charge is -2.16. The summed E-state index contributed by atoms with van der Waals surface area (Å²) in [5.41, 5.74) is 4.10. The van der Waals surface area contributed by atoms with Crippen LogP contribution in [0.1, 0.15) is 59.7 Å². The Balaban J connectivity index is 1.41. The quantitative estimate of drug-likeness (QED) is 0.490. The highest BCUT2D eigenvalue weighted by Crippen LogP contribution is 2.23. The van der Waals surface area contributed by atoms with Gasteiger partial charge in [-0.25, -0.2) is 0 Å². The number of benzene rings is 2. The third kappa shape index (κ3) is 6.41. The number of carbonyl (C=O) groups is 3. The maximum absolute atomic E-state index is 12.5. The fourth-order valence-electron chi connectivity index (χ4n) is 3.65. The minimum Gasteiger partial charge on any atom is -0.497 e. The van der Waals surface area contributed by atoms with Crippen LogP contribution in [0.25, 0.3) is 0 Å². The van der Waals surface area contributed by atoms with Gasteiger partial charge in [-0.15, -0.1) is 0 Å². The molecular weight excluding hydrogens is 394 g/mol. The number of nitrogens with one attached hydrogen (secondary N) is 1. The highest BCUT2D eigenvalue weighted by molar-refractivity contribution is 5.98. The van der Waals surface area contributed by atoms with E-state index in [4.69, 9.17) is 9.47 Å². The predicted molar refractivity (Wildman–Crippen MR) is 117 cm³/mol. The van der Waals surface area contributed by atoms with Gasteiger partial charge in [0.15, 0.2) is 11.9 Å². The Hall–Kier alpha value is -3.15. The van der Waals surface area contributed by atoms with E-state index in [9.17, 15) is 14.4 Å². The van der Waals surface area contributed by atoms with Crippen molar-refractivity contribution in [3.05, 3.63) is 64.7 Å². The van der Waals surface area contributed by atoms with E-state index in [0.29, 0.717) is 12.1 Å². The van der Waals surface area contributed by atoms with Crippen LogP contribution in [-0.4, -0.2) is 30.9 Å². The van der Waals surface area contributed by atoms with Crippen molar-refractivity contribution in [2.24, 2.45) is 0 Å². The molecule has 0 unspecified atom stereocenters. The summed E-state index contributed by atoms with van der Waals surface area (Å²) >= 11 is 0. The molecule has 1 amide bonds. The van der Waals surface area contributed by atoms with Crippen molar-refractivity contribution in [3.63, 3.8) is 0 Å². The highest BCUT2D eigenvalue weighted by atomic mass is 16.5. The summed E-state index contributed by atoms with van der Waals surface area (Å²) in [6, 6.07) is 13.1. The van der Waals surface area contributed by atoms with E-state index >= 15 is 0 Å². The van der Waals surface area contributed by atoms with Crippen LogP contribution in [0.5, 0.6) is 5.75 Å². The van der Waals surface area contributed by atoms with Crippen LogP contribution >= 0.6 is 0 Å². The van der Waals surface area contributed by atoms with E-state index in [1.807, 2.05) is 42.5 Å². The molecule has 0 bridgehead atoms. The van der Waals surface area contributed by atoms with E-state index in [2.05, 4.69) is 5.32 Å². The van der Waals surface area contributed by atoms with Gasteiger partial charge in [-0.2, -0.15) is 0 Å². The zero-order valence-electron chi connectivity index (χ0n) is 18.1. The SMILES string of the molecule is COc1ccc(CNC(=O)[C@@H](C)OC(=O)CCC(=O)c2ccc3c(c2)CCCC3)cc1. The van der Waals surface area contributed by atoms with Gasteiger partial charge in [0.1, 0.15) is 5.75 Å². The molecule has 1 aliphatic rings. The number of amides is 1. The lowest BCUT2D eigenvalue weighted by Crippen LogP contribution is -2.35. The van der Waals surface area contributed by atoms with Gasteiger partial charge in [-0.1, -0.05) is 24.3 Å². The highest BCUT2D eigenvalue weighted by Gasteiger charge is 2.19. The molecule has 0 radical (unpaired) electrons. The second kappa shape index (κ2) is 10.8. The Bertz CT molecular complexity index is 935. The van der Waals surface area contributed by atoms with Crippen molar-refractivity contribution in [2.75, 3.05) is 7.11 Å². The van der Waals surface area contributed by atoms with E-state index < -0.39 is 12.1 Å². The van der Waals surface area contributed by atoms with Gasteiger partial charge in [0.05, 0.1) is 13.5 Å². The number of carbonyl (C=O) groups excluding carboxylic acids is 3. The number of aryl methyl sites for hydroxylation is 2. The Morgan fingerprint density at radius 1 is 0.968 bits per heavy atom. The van der Waals surface area contributed by atoms with Crippen molar-refractivity contribution >= 4 is 17.7 Å². The molecule has 0 aliphatic heterocycles. The van der Waals surface area contributed by atoms with Crippen LogP contribution in [0.15, 0.2) is 42.5 Å². The fraction of sp³-hybridized carbons (Fsp3) is 0.400. The summed E-state index contributed by atoms with van der Waals surface area (Å²) in [6.45, 7) is 1.84. The van der Waals surface area contributed by atoms with Gasteiger partial charge < -0.3 is 14.8 Å². The number of hydrogen-bond donors (Lipinski definition) is 1. The van der Waals surface area contributed by atoms with E-state index in [0.717, 1.165) is 30.6 Å². The molecule has 1 atom stereocenters. The van der Waals surface area contributed by atoms with E-state index in [1.54, 1.807) is 7.11 Å². The van der Waals surface area contributed by atoms with Crippen LogP contribution in [-0.2, 0) is 33.7 Å². The third-order valence-electron chi connectivity index (χ3n) is 5.53. The summed E-state index contributed by atoms with van der Waals surface area (Å²) in [4.78, 5) is 36.8. The molecule has 6 nitrogen and oxygen atoms in total. The maximum Gasteiger partial charge on any atom is 0.307 e. The van der Waals surface area contributed by atoms with Crippen LogP contribution < -0.4 is 10.1 Å². The number of methoxy groups -OCH3 is 1. The van der Waals surface area contributed by atoms with Crippen LogP contribution in [0.3, 0.4) is 0 Å². The van der Waals surface area contributed by atoms with Gasteiger partial charge in [0.2, 0.25) is 0 Å². The average Bonchev–Trinajstić information content (AvgIpc) is 2.80. The molecule has 2 aromatic rings. The molecule has 2 aromatic carbocycles. The fourth-order valence-corrected chi connectivity index (χ4v) is 3.65. The van der Waals surface area contributed by atoms with E-state index in [-0.39, 0.29) is 24.5 Å². The molecule has 1 N–H and O–H groups in total. The first-order valence-corrected chi connectivity index (χ1v) is 10.7. The minimum absolute atomic E-state index is 0.0496. The third-order valence-corrected chi connectivity index (χ3v) is 5.53. The molecule has 0 saturated heterocycles. The number of Topliss-reactive ketones (excluding diaryl/α,β-unsaturated/α-hetero) is 1. The van der Waals surface area contributed by atoms with Crippen LogP contribution in [0.2, 0.25) is 0 Å². The summed E-state index contributed by atoms with van der Waals surface area (Å²) in [5, 5.41) is 2.74. The summed E-state index contributed by atoms with van der Waals surface area (Å²) < 4.78 is 10.3. The molecule has 0 heterocycles. The molecule has 0 fully saturated rings. The number of rotatable bonds is 9. The molecule has 6 heteroatoms. The Morgan fingerprint density at radius 2 is 1.68 bits per heavy atom. The number of hydrogen-bond acceptors (Lipinski definition) is 5. The number of esters is 1. The van der Waals surface area contributed by atoms with Gasteiger partial charge >= 0.3 is 5.97 Å². The van der Waals surface area contributed by atoms with Crippen molar-refractivity contribution in [3.8, 4) is 5.75 Å². The monoisotopic (exact) mass is 423 g/mol. The summed E-state index contributed by atoms with van der Waals surface area (Å²) in [5.74, 6) is -0.284. The molecule has 0 spiro atoms. The Morgan fingerprint density at radius 3 is 2.39 bits per heavy atom. The maximum atomic E-state index is 12.5. The molecular formula is C25H29NO5. The molecule has 0 saturated carbocycles. The number of ketones is 1. The summed E-state index contributed by atoms with van der Waals surface area (Å²) in [6.07, 6.45) is 3.50. The average molecular weight is 424 g/mol. The minimum atomic E-state index is -0.926. The Kier molecular flexibility index (Phi) is 7.82. The first-order chi connectivity index (χ1) is 15.0. The Labute approximate surface area is 182 Å². The number of ether oxygens (including phenoxy) is 2. The molecule has 3 rings (SSSR count). The van der Waals surface area contributed by atoms with Crippen molar-refractivity contribution in [2.45, 2.75) is 58.1 Å². The molecule has 164 valence electrons. The van der Waals surface area contributed by atoms with Gasteiger partial charge in [0.25, 0.3) is 5.91 Å². The number of fused-ring (bicyclic) bond motifs is 1. The predicted octanol–water partition coefficient (Wildman–Crippen LogP) is 3.79. The first-order valence-electron chi connectivity index (χ1n) is 10.7. The van der Waals surface area contributed by atoms with Crippen LogP contribution in [0, 0.1) is 0 Å². The second-order valence-corrected chi connectivity index (χ2v) is 7.81. The molecule has 1 aliphatic carbocycles. The normalized spacial score (nSPS) is 13.6. The largest absolute Gasteiger partial charge is 0.497 e. The lowest BCUT2D eigenvalue weighted by atomic mass is 9.89. The summed E-state index contributed by atoms with van der Waals surface area (Å²) in [7, 11) is 1.59. The second-order valence-electron chi connectivity index (χ2n) is 7.81. The van der Waals surface area contributed by atoms with Crippen molar-refractivity contribution in [1.82, 2.24) is 5.32 Å². The van der Waals surface area contributed by atoms with Crippen molar-refractivity contribution in [1.29, 1.82) is 0 Å². The zero-order valence-corrected chi connectivity index (χ0v) is 18.1. The molecule has 31 heavy (non-hydrogen) atoms. The van der Waals surface area contributed by atoms with Crippen LogP contribution in [0.4, 0.5) is 0 Å².